The van der Waals surface area contributed by atoms with Crippen LogP contribution in [0.1, 0.15) is 11.6 Å². The van der Waals surface area contributed by atoms with Crippen molar-refractivity contribution in [2.45, 2.75) is 12.5 Å². The van der Waals surface area contributed by atoms with E-state index in [4.69, 9.17) is 11.6 Å². The monoisotopic (exact) mass is 410 g/mol. The normalized spacial score (nSPS) is 17.2. The van der Waals surface area contributed by atoms with Crippen LogP contribution in [-0.4, -0.2) is 37.5 Å². The number of halogens is 6. The molecular formula is C12H16BrCl3F2N2. The Balaban J connectivity index is 0.00000180. The lowest BCUT2D eigenvalue weighted by Crippen LogP contribution is -2.47. The molecule has 1 aromatic rings. The number of rotatable bonds is 3. The highest BCUT2D eigenvalue weighted by Gasteiger charge is 2.31. The van der Waals surface area contributed by atoms with Crippen LogP contribution in [0.3, 0.4) is 0 Å². The van der Waals surface area contributed by atoms with E-state index in [0.29, 0.717) is 23.7 Å². The molecule has 1 aliphatic heterocycles. The third-order valence-corrected chi connectivity index (χ3v) is 3.90. The molecule has 20 heavy (non-hydrogen) atoms. The molecule has 116 valence electrons. The van der Waals surface area contributed by atoms with Crippen molar-refractivity contribution < 1.29 is 8.78 Å². The fraction of sp³-hybridized carbons (Fsp3) is 0.500. The van der Waals surface area contributed by atoms with Crippen LogP contribution in [0.25, 0.3) is 0 Å². The first-order valence-corrected chi connectivity index (χ1v) is 6.94. The van der Waals surface area contributed by atoms with Gasteiger partial charge in [0.05, 0.1) is 6.04 Å². The van der Waals surface area contributed by atoms with Crippen molar-refractivity contribution in [3.8, 4) is 0 Å². The maximum atomic E-state index is 13.3. The summed E-state index contributed by atoms with van der Waals surface area (Å²) >= 11 is 9.36. The van der Waals surface area contributed by atoms with Gasteiger partial charge in [-0.05, 0) is 23.8 Å². The molecule has 1 aromatic carbocycles. The van der Waals surface area contributed by atoms with E-state index in [2.05, 4.69) is 21.2 Å². The zero-order chi connectivity index (χ0) is 13.1. The average molecular weight is 413 g/mol. The van der Waals surface area contributed by atoms with Gasteiger partial charge in [-0.1, -0.05) is 27.5 Å². The van der Waals surface area contributed by atoms with Crippen molar-refractivity contribution in [2.75, 3.05) is 26.2 Å². The molecule has 1 atom stereocenters. The Labute approximate surface area is 143 Å². The quantitative estimate of drug-likeness (QED) is 0.802. The van der Waals surface area contributed by atoms with Crippen LogP contribution in [0.2, 0.25) is 5.02 Å². The smallest absolute Gasteiger partial charge is 0.258 e. The van der Waals surface area contributed by atoms with Gasteiger partial charge < -0.3 is 5.32 Å². The number of hydrogen-bond acceptors (Lipinski definition) is 2. The highest BCUT2D eigenvalue weighted by atomic mass is 79.9. The Morgan fingerprint density at radius 1 is 1.20 bits per heavy atom. The lowest BCUT2D eigenvalue weighted by atomic mass is 10.0. The maximum absolute atomic E-state index is 13.3. The van der Waals surface area contributed by atoms with E-state index in [-0.39, 0.29) is 24.8 Å². The molecular weight excluding hydrogens is 396 g/mol. The number of piperazine rings is 1. The highest BCUT2D eigenvalue weighted by molar-refractivity contribution is 9.10. The van der Waals surface area contributed by atoms with E-state index >= 15 is 0 Å². The summed E-state index contributed by atoms with van der Waals surface area (Å²) in [5.74, 6) is 0. The van der Waals surface area contributed by atoms with Crippen LogP contribution in [0.4, 0.5) is 8.78 Å². The van der Waals surface area contributed by atoms with Crippen LogP contribution >= 0.6 is 52.3 Å². The second-order valence-corrected chi connectivity index (χ2v) is 5.55. The summed E-state index contributed by atoms with van der Waals surface area (Å²) in [6.45, 7) is 2.68. The van der Waals surface area contributed by atoms with Gasteiger partial charge in [0.25, 0.3) is 6.43 Å². The number of nitrogens with zero attached hydrogens (tertiary/aromatic N) is 1. The molecule has 1 N–H and O–H groups in total. The van der Waals surface area contributed by atoms with Gasteiger partial charge in [0.15, 0.2) is 0 Å². The summed E-state index contributed by atoms with van der Waals surface area (Å²) < 4.78 is 27.5. The zero-order valence-corrected chi connectivity index (χ0v) is 14.5. The molecule has 0 bridgehead atoms. The van der Waals surface area contributed by atoms with Gasteiger partial charge in [-0.15, -0.1) is 24.8 Å². The molecule has 0 saturated carbocycles. The second-order valence-electron chi connectivity index (χ2n) is 4.23. The summed E-state index contributed by atoms with van der Waals surface area (Å²) in [6, 6.07) is 4.16. The third-order valence-electron chi connectivity index (χ3n) is 3.06. The Kier molecular flexibility index (Phi) is 9.55. The van der Waals surface area contributed by atoms with Gasteiger partial charge in [-0.25, -0.2) is 8.78 Å². The standard InChI is InChI=1S/C12H14BrClF2N2.2ClH/c13-8-1-2-10(14)9(7-8)11(12(15)16)18-5-3-17-4-6-18;;/h1-2,7,11-12,17H,3-6H2;2*1H/t11-;;/m0../s1. The molecule has 1 fully saturated rings. The first-order valence-electron chi connectivity index (χ1n) is 5.77. The molecule has 0 spiro atoms. The Morgan fingerprint density at radius 3 is 2.35 bits per heavy atom. The van der Waals surface area contributed by atoms with Crippen LogP contribution in [0.15, 0.2) is 22.7 Å². The van der Waals surface area contributed by atoms with Crippen molar-refractivity contribution in [3.05, 3.63) is 33.3 Å². The first kappa shape index (κ1) is 20.3. The zero-order valence-electron chi connectivity index (χ0n) is 10.5. The van der Waals surface area contributed by atoms with Gasteiger partial charge in [0, 0.05) is 35.7 Å². The largest absolute Gasteiger partial charge is 0.314 e. The molecule has 0 unspecified atom stereocenters. The number of hydrogen-bond donors (Lipinski definition) is 1. The minimum atomic E-state index is -2.45. The summed E-state index contributed by atoms with van der Waals surface area (Å²) in [7, 11) is 0. The van der Waals surface area contributed by atoms with Crippen molar-refractivity contribution in [1.29, 1.82) is 0 Å². The summed E-state index contributed by atoms with van der Waals surface area (Å²) in [5.41, 5.74) is 0.489. The topological polar surface area (TPSA) is 15.3 Å². The molecule has 2 nitrogen and oxygen atoms in total. The summed E-state index contributed by atoms with van der Waals surface area (Å²) in [6.07, 6.45) is -2.45. The van der Waals surface area contributed by atoms with Crippen LogP contribution in [0, 0.1) is 0 Å². The minimum absolute atomic E-state index is 0. The summed E-state index contributed by atoms with van der Waals surface area (Å²) in [5, 5.41) is 3.55. The van der Waals surface area contributed by atoms with E-state index in [1.807, 2.05) is 0 Å². The predicted molar refractivity (Wildman–Crippen MR) is 86.8 cm³/mol. The molecule has 1 heterocycles. The minimum Gasteiger partial charge on any atom is -0.314 e. The molecule has 8 heteroatoms. The van der Waals surface area contributed by atoms with Crippen LogP contribution in [-0.2, 0) is 0 Å². The van der Waals surface area contributed by atoms with Gasteiger partial charge >= 0.3 is 0 Å². The number of benzene rings is 1. The van der Waals surface area contributed by atoms with Crippen molar-refractivity contribution in [2.24, 2.45) is 0 Å². The highest BCUT2D eigenvalue weighted by Crippen LogP contribution is 2.34. The summed E-state index contributed by atoms with van der Waals surface area (Å²) in [4.78, 5) is 1.79. The Morgan fingerprint density at radius 2 is 1.80 bits per heavy atom. The van der Waals surface area contributed by atoms with Crippen LogP contribution < -0.4 is 5.32 Å². The maximum Gasteiger partial charge on any atom is 0.258 e. The van der Waals surface area contributed by atoms with E-state index in [1.54, 1.807) is 23.1 Å². The lowest BCUT2D eigenvalue weighted by molar-refractivity contribution is 0.0182. The van der Waals surface area contributed by atoms with E-state index in [0.717, 1.165) is 17.6 Å². The van der Waals surface area contributed by atoms with Gasteiger partial charge in [-0.3, -0.25) is 4.90 Å². The third kappa shape index (κ3) is 4.97. The van der Waals surface area contributed by atoms with Gasteiger partial charge in [0.1, 0.15) is 0 Å². The van der Waals surface area contributed by atoms with E-state index in [9.17, 15) is 8.78 Å². The van der Waals surface area contributed by atoms with E-state index < -0.39 is 12.5 Å². The molecule has 0 aromatic heterocycles. The average Bonchev–Trinajstić information content (AvgIpc) is 2.35. The molecule has 0 radical (unpaired) electrons. The number of nitrogens with one attached hydrogen (secondary N) is 1. The molecule has 0 amide bonds. The number of alkyl halides is 2. The molecule has 1 aliphatic rings. The van der Waals surface area contributed by atoms with Crippen LogP contribution in [0.5, 0.6) is 0 Å². The second kappa shape index (κ2) is 9.38. The molecule has 1 saturated heterocycles. The Bertz CT molecular complexity index is 418. The van der Waals surface area contributed by atoms with Crippen molar-refractivity contribution >= 4 is 52.3 Å². The van der Waals surface area contributed by atoms with Gasteiger partial charge in [-0.2, -0.15) is 0 Å². The van der Waals surface area contributed by atoms with Gasteiger partial charge in [0.2, 0.25) is 0 Å². The molecule has 2 rings (SSSR count). The fourth-order valence-corrected chi connectivity index (χ4v) is 2.80. The predicted octanol–water partition coefficient (Wildman–Crippen LogP) is 4.16. The first-order chi connectivity index (χ1) is 8.59. The molecule has 0 aliphatic carbocycles. The van der Waals surface area contributed by atoms with Crippen molar-refractivity contribution in [1.82, 2.24) is 10.2 Å². The SMILES string of the molecule is Cl.Cl.FC(F)[C@H](c1cc(Br)ccc1Cl)N1CCNCC1. The fourth-order valence-electron chi connectivity index (χ4n) is 2.19. The van der Waals surface area contributed by atoms with Crippen molar-refractivity contribution in [3.63, 3.8) is 0 Å². The van der Waals surface area contributed by atoms with E-state index in [1.165, 1.54) is 0 Å². The Hall–Kier alpha value is 0.350. The lowest BCUT2D eigenvalue weighted by Gasteiger charge is -2.35.